The second kappa shape index (κ2) is 21.5. The molecule has 0 amide bonds. The van der Waals surface area contributed by atoms with Crippen LogP contribution >= 0.6 is 0 Å². The fourth-order valence-corrected chi connectivity index (χ4v) is 18.0. The Morgan fingerprint density at radius 3 is 1.43 bits per heavy atom. The van der Waals surface area contributed by atoms with Crippen molar-refractivity contribution in [2.75, 3.05) is 24.5 Å². The molecule has 0 aliphatic carbocycles. The minimum Gasteiger partial charge on any atom is -0.458 e. The van der Waals surface area contributed by atoms with Gasteiger partial charge in [-0.3, -0.25) is 0 Å². The molecule has 17 rings (SSSR count). The molecule has 0 fully saturated rings. The number of allylic oxidation sites excluding steroid dienone is 5. The third kappa shape index (κ3) is 8.65. The van der Waals surface area contributed by atoms with Gasteiger partial charge >= 0.3 is 0 Å². The van der Waals surface area contributed by atoms with E-state index in [9.17, 15) is 0 Å². The van der Waals surface area contributed by atoms with Crippen LogP contribution in [-0.2, 0) is 0 Å². The smallest absolute Gasteiger partial charge is 0.256 e. The quantitative estimate of drug-likeness (QED) is 0.0943. The Kier molecular flexibility index (Phi) is 12.8. The van der Waals surface area contributed by atoms with Gasteiger partial charge in [-0.25, -0.2) is 0 Å². The zero-order chi connectivity index (χ0) is 60.9. The minimum absolute atomic E-state index is 0.200. The predicted octanol–water partition coefficient (Wildman–Crippen LogP) is 16.4. The van der Waals surface area contributed by atoms with Crippen LogP contribution in [-0.4, -0.2) is 21.5 Å². The molecule has 0 spiro atoms. The Balaban J connectivity index is 0.977. The molecule has 5 aliphatic rings. The Morgan fingerprint density at radius 2 is 0.846 bits per heavy atom. The first kappa shape index (κ1) is 54.0. The van der Waals surface area contributed by atoms with E-state index >= 15 is 0 Å². The van der Waals surface area contributed by atoms with Crippen LogP contribution in [0.15, 0.2) is 316 Å². The van der Waals surface area contributed by atoms with Crippen molar-refractivity contribution in [2.24, 2.45) is 0 Å². The normalized spacial score (nSPS) is 14.1. The number of benzene rings is 12. The Bertz CT molecular complexity index is 4900. The molecule has 0 unspecified atom stereocenters. The summed E-state index contributed by atoms with van der Waals surface area (Å²) in [5, 5.41) is 2.78. The summed E-state index contributed by atoms with van der Waals surface area (Å²) in [5.41, 5.74) is 22.9. The maximum Gasteiger partial charge on any atom is 0.256 e. The van der Waals surface area contributed by atoms with E-state index in [4.69, 9.17) is 9.47 Å². The van der Waals surface area contributed by atoms with Gasteiger partial charge in [0.1, 0.15) is 31.1 Å². The predicted molar refractivity (Wildman–Crippen MR) is 386 cm³/mol. The summed E-state index contributed by atoms with van der Waals surface area (Å²) in [6.07, 6.45) is 8.01. The lowest BCUT2D eigenvalue weighted by Crippen LogP contribution is -2.65. The fraction of sp³-hybridized carbons (Fsp3) is 0.0370. The first-order valence-corrected chi connectivity index (χ1v) is 34.3. The molecule has 0 aromatic heterocycles. The summed E-state index contributed by atoms with van der Waals surface area (Å²) in [6, 6.07) is 102. The van der Waals surface area contributed by atoms with Crippen LogP contribution in [0.2, 0.25) is 13.1 Å². The van der Waals surface area contributed by atoms with Gasteiger partial charge in [-0.15, -0.1) is 0 Å². The molecule has 12 aromatic rings. The maximum absolute atomic E-state index is 7.74. The van der Waals surface area contributed by atoms with Gasteiger partial charge in [0.25, 0.3) is 13.4 Å². The molecule has 12 aromatic carbocycles. The zero-order valence-electron chi connectivity index (χ0n) is 50.8. The van der Waals surface area contributed by atoms with Crippen LogP contribution in [0.25, 0.3) is 0 Å². The van der Waals surface area contributed by atoms with Crippen LogP contribution < -0.4 is 77.1 Å². The zero-order valence-corrected chi connectivity index (χ0v) is 51.8. The van der Waals surface area contributed by atoms with Crippen LogP contribution in [0.4, 0.5) is 79.6 Å². The van der Waals surface area contributed by atoms with Crippen molar-refractivity contribution in [3.63, 3.8) is 0 Å². The van der Waals surface area contributed by atoms with Gasteiger partial charge in [0.15, 0.2) is 0 Å². The van der Waals surface area contributed by atoms with Gasteiger partial charge in [0, 0.05) is 92.1 Å². The second-order valence-corrected chi connectivity index (χ2v) is 28.8. The molecule has 432 valence electrons. The van der Waals surface area contributed by atoms with Crippen LogP contribution in [0.3, 0.4) is 0 Å². The van der Waals surface area contributed by atoms with Crippen molar-refractivity contribution in [3.8, 4) is 23.0 Å². The van der Waals surface area contributed by atoms with E-state index in [1.54, 1.807) is 0 Å². The fourth-order valence-electron chi connectivity index (χ4n) is 15.0. The number of hydrogen-bond acceptors (Lipinski definition) is 7. The van der Waals surface area contributed by atoms with Crippen molar-refractivity contribution >= 4 is 144 Å². The summed E-state index contributed by atoms with van der Waals surface area (Å²) in [5.74, 6) is 3.34. The Labute approximate surface area is 533 Å². The Hall–Kier alpha value is -11.2. The molecule has 91 heavy (non-hydrogen) atoms. The van der Waals surface area contributed by atoms with E-state index in [-0.39, 0.29) is 13.4 Å². The molecule has 0 N–H and O–H groups in total. The SMILES string of the molecule is C=C/C=C\C=C(/C)N(c1ccccc1)c1cc2c3c(c1)N(c1ccccc1)c1cc4c(cc1B3c1cc3c(cc1O2)N(c1ccccc1)c1ccccc1[Si]3(C)C)B1c2ccccc2Oc2cc(N(c3ccccc3)c3ccccc3)cc(c21)N4c1ccccc1. The number of para-hydroxylation sites is 8. The molecule has 7 nitrogen and oxygen atoms in total. The highest BCUT2D eigenvalue weighted by Crippen LogP contribution is 2.51. The van der Waals surface area contributed by atoms with Gasteiger partial charge in [0.2, 0.25) is 0 Å². The van der Waals surface area contributed by atoms with E-state index in [0.29, 0.717) is 0 Å². The van der Waals surface area contributed by atoms with E-state index in [1.807, 2.05) is 12.2 Å². The lowest BCUT2D eigenvalue weighted by atomic mass is 9.31. The number of hydrogen-bond donors (Lipinski definition) is 0. The molecule has 0 radical (unpaired) electrons. The molecule has 10 heteroatoms. The van der Waals surface area contributed by atoms with Gasteiger partial charge < -0.3 is 34.0 Å². The van der Waals surface area contributed by atoms with Crippen LogP contribution in [0.1, 0.15) is 6.92 Å². The largest absolute Gasteiger partial charge is 0.458 e. The number of fused-ring (bicyclic) bond motifs is 10. The topological polar surface area (TPSA) is 34.7 Å². The molecule has 0 atom stereocenters. The van der Waals surface area contributed by atoms with E-state index in [0.717, 1.165) is 124 Å². The highest BCUT2D eigenvalue weighted by Gasteiger charge is 2.49. The Morgan fingerprint density at radius 1 is 0.374 bits per heavy atom. The van der Waals surface area contributed by atoms with Crippen molar-refractivity contribution in [2.45, 2.75) is 20.0 Å². The first-order valence-electron chi connectivity index (χ1n) is 31.3. The molecular weight excluding hydrogens is 1120 g/mol. The summed E-state index contributed by atoms with van der Waals surface area (Å²) in [7, 11) is -2.42. The maximum atomic E-state index is 7.74. The average molecular weight is 1190 g/mol. The summed E-state index contributed by atoms with van der Waals surface area (Å²) >= 11 is 0. The molecule has 5 aliphatic heterocycles. The first-order chi connectivity index (χ1) is 44.8. The molecule has 0 saturated carbocycles. The third-order valence-electron chi connectivity index (χ3n) is 18.9. The molecule has 0 bridgehead atoms. The highest BCUT2D eigenvalue weighted by atomic mass is 28.3. The highest BCUT2D eigenvalue weighted by molar-refractivity contribution is 7.05. The lowest BCUT2D eigenvalue weighted by Gasteiger charge is -2.46. The van der Waals surface area contributed by atoms with Crippen molar-refractivity contribution < 1.29 is 9.47 Å². The second-order valence-electron chi connectivity index (χ2n) is 24.5. The van der Waals surface area contributed by atoms with Gasteiger partial charge in [-0.2, -0.15) is 0 Å². The monoisotopic (exact) mass is 1190 g/mol. The minimum atomic E-state index is -2.42. The van der Waals surface area contributed by atoms with Crippen LogP contribution in [0.5, 0.6) is 23.0 Å². The number of nitrogens with zero attached hydrogens (tertiary/aromatic N) is 5. The third-order valence-corrected chi connectivity index (χ3v) is 22.4. The molecular formula is C81H61B2N5O2Si. The van der Waals surface area contributed by atoms with E-state index in [2.05, 4.69) is 342 Å². The summed E-state index contributed by atoms with van der Waals surface area (Å²) in [4.78, 5) is 12.2. The lowest BCUT2D eigenvalue weighted by molar-refractivity contribution is 0.487. The average Bonchev–Trinajstić information content (AvgIpc) is 0.706. The van der Waals surface area contributed by atoms with Crippen LogP contribution in [0, 0.1) is 0 Å². The van der Waals surface area contributed by atoms with Gasteiger partial charge in [0.05, 0.1) is 11.4 Å². The number of ether oxygens (including phenoxy) is 2. The standard InChI is InChI=1S/C81H61B2N5O2Si/c1-5-6-13-30-55(2)84(56-31-14-7-15-32-56)62-47-72-81-77(49-62)90-75-54-71-79(91(3,4)78-46-29-27-44-68(78)86(71)59-37-20-10-21-38-59)52-67(75)83(81)66-51-65-69(53-70(66)88(72)61-41-24-12-25-42-61)87(60-39-22-11-23-40-60)73-48-63(50-76-80(73)82(65)64-43-26-28-45-74(64)89-76)85(57-33-16-8-17-34-57)58-35-18-9-19-36-58/h5-54H,1H2,2-4H3/b13-6-,55-30+. The van der Waals surface area contributed by atoms with Crippen molar-refractivity contribution in [1.29, 1.82) is 0 Å². The number of rotatable bonds is 11. The summed E-state index contributed by atoms with van der Waals surface area (Å²) in [6.45, 7) is 10.8. The molecule has 0 saturated heterocycles. The molecule has 5 heterocycles. The van der Waals surface area contributed by atoms with Gasteiger partial charge in [-0.1, -0.05) is 196 Å². The van der Waals surface area contributed by atoms with E-state index in [1.165, 1.54) is 27.0 Å². The van der Waals surface area contributed by atoms with Crippen molar-refractivity contribution in [3.05, 3.63) is 316 Å². The number of anilines is 14. The van der Waals surface area contributed by atoms with Crippen molar-refractivity contribution in [1.82, 2.24) is 0 Å². The summed E-state index contributed by atoms with van der Waals surface area (Å²) < 4.78 is 15.0. The van der Waals surface area contributed by atoms with E-state index < -0.39 is 8.07 Å². The van der Waals surface area contributed by atoms with Gasteiger partial charge in [-0.05, 0) is 159 Å².